The summed E-state index contributed by atoms with van der Waals surface area (Å²) in [6.07, 6.45) is 5.29. The highest BCUT2D eigenvalue weighted by Gasteiger charge is 2.67. The number of hydrogen-bond donors (Lipinski definition) is 1. The summed E-state index contributed by atoms with van der Waals surface area (Å²) < 4.78 is 11.4. The Morgan fingerprint density at radius 3 is 3.10 bits per heavy atom. The number of carboxylic acids is 1. The molecule has 4 aliphatic heterocycles. The van der Waals surface area contributed by atoms with Gasteiger partial charge in [0.05, 0.1) is 24.7 Å². The zero-order valence-electron chi connectivity index (χ0n) is 11.0. The number of likely N-dealkylation sites (tertiary alicyclic amines) is 1. The lowest BCUT2D eigenvalue weighted by Crippen LogP contribution is -2.39. The molecule has 1 N–H and O–H groups in total. The van der Waals surface area contributed by atoms with Crippen molar-refractivity contribution in [3.8, 4) is 0 Å². The summed E-state index contributed by atoms with van der Waals surface area (Å²) in [5.41, 5.74) is -0.719. The van der Waals surface area contributed by atoms with E-state index in [1.165, 1.54) is 0 Å². The smallest absolute Gasteiger partial charge is 0.310 e. The van der Waals surface area contributed by atoms with Crippen LogP contribution in [0.2, 0.25) is 0 Å². The van der Waals surface area contributed by atoms with Gasteiger partial charge in [0.2, 0.25) is 5.91 Å². The van der Waals surface area contributed by atoms with Crippen LogP contribution in [0.25, 0.3) is 0 Å². The lowest BCUT2D eigenvalue weighted by atomic mass is 9.77. The molecule has 3 fully saturated rings. The average molecular weight is 279 g/mol. The van der Waals surface area contributed by atoms with E-state index in [4.69, 9.17) is 9.47 Å². The first-order valence-corrected chi connectivity index (χ1v) is 7.11. The van der Waals surface area contributed by atoms with Gasteiger partial charge in [-0.05, 0) is 12.8 Å². The number of carbonyl (C=O) groups is 2. The van der Waals surface area contributed by atoms with Crippen molar-refractivity contribution >= 4 is 11.9 Å². The first kappa shape index (κ1) is 12.3. The van der Waals surface area contributed by atoms with Gasteiger partial charge in [-0.3, -0.25) is 9.59 Å². The van der Waals surface area contributed by atoms with Crippen molar-refractivity contribution < 1.29 is 24.2 Å². The molecule has 3 saturated heterocycles. The van der Waals surface area contributed by atoms with Crippen LogP contribution < -0.4 is 0 Å². The highest BCUT2D eigenvalue weighted by Crippen LogP contribution is 2.51. The number of rotatable bonds is 3. The second-order valence-electron chi connectivity index (χ2n) is 6.09. The zero-order chi connectivity index (χ0) is 13.9. The molecule has 1 spiro atoms. The number of hydrogen-bond acceptors (Lipinski definition) is 4. The van der Waals surface area contributed by atoms with Gasteiger partial charge in [0.15, 0.2) is 0 Å². The molecule has 2 bridgehead atoms. The van der Waals surface area contributed by atoms with Crippen LogP contribution in [-0.2, 0) is 19.1 Å². The predicted octanol–water partition coefficient (Wildman–Crippen LogP) is 0.0320. The fourth-order valence-electron chi connectivity index (χ4n) is 4.05. The van der Waals surface area contributed by atoms with E-state index in [2.05, 4.69) is 0 Å². The summed E-state index contributed by atoms with van der Waals surface area (Å²) >= 11 is 0. The standard InChI is InChI=1S/C14H17NO5/c16-12-11-10(13(17)18)9-3-4-14(11,20-9)7-15(12)6-8-2-1-5-19-8/h3-4,8-11H,1-2,5-7H2,(H,17,18)/t8?,9-,10?,11+,14-/m1/s1. The Morgan fingerprint density at radius 1 is 1.55 bits per heavy atom. The Hall–Kier alpha value is -1.40. The van der Waals surface area contributed by atoms with Crippen LogP contribution in [0, 0.1) is 11.8 Å². The quantitative estimate of drug-likeness (QED) is 0.738. The molecule has 0 aliphatic carbocycles. The van der Waals surface area contributed by atoms with Gasteiger partial charge in [0.1, 0.15) is 11.5 Å². The van der Waals surface area contributed by atoms with E-state index in [-0.39, 0.29) is 12.0 Å². The van der Waals surface area contributed by atoms with Gasteiger partial charge < -0.3 is 19.5 Å². The molecule has 1 amide bonds. The minimum Gasteiger partial charge on any atom is -0.481 e. The highest BCUT2D eigenvalue weighted by atomic mass is 16.5. The summed E-state index contributed by atoms with van der Waals surface area (Å²) in [5, 5.41) is 9.36. The number of ether oxygens (including phenoxy) is 2. The second-order valence-corrected chi connectivity index (χ2v) is 6.09. The summed E-state index contributed by atoms with van der Waals surface area (Å²) in [5.74, 6) is -2.36. The Morgan fingerprint density at radius 2 is 2.40 bits per heavy atom. The average Bonchev–Trinajstić information content (AvgIpc) is 3.12. The molecule has 108 valence electrons. The number of carbonyl (C=O) groups excluding carboxylic acids is 1. The van der Waals surface area contributed by atoms with Gasteiger partial charge in [-0.1, -0.05) is 12.2 Å². The topological polar surface area (TPSA) is 76.1 Å². The van der Waals surface area contributed by atoms with E-state index in [1.807, 2.05) is 6.08 Å². The van der Waals surface area contributed by atoms with E-state index >= 15 is 0 Å². The van der Waals surface area contributed by atoms with E-state index in [0.717, 1.165) is 19.4 Å². The Bertz CT molecular complexity index is 498. The van der Waals surface area contributed by atoms with Crippen molar-refractivity contribution in [3.05, 3.63) is 12.2 Å². The molecule has 0 saturated carbocycles. The van der Waals surface area contributed by atoms with Gasteiger partial charge in [0.25, 0.3) is 0 Å². The molecule has 4 aliphatic rings. The summed E-state index contributed by atoms with van der Waals surface area (Å²) in [4.78, 5) is 25.7. The number of nitrogens with zero attached hydrogens (tertiary/aromatic N) is 1. The Kier molecular flexibility index (Phi) is 2.50. The van der Waals surface area contributed by atoms with Crippen LogP contribution in [0.15, 0.2) is 12.2 Å². The van der Waals surface area contributed by atoms with Crippen molar-refractivity contribution in [2.45, 2.75) is 30.7 Å². The molecule has 0 radical (unpaired) electrons. The van der Waals surface area contributed by atoms with Crippen molar-refractivity contribution in [2.75, 3.05) is 19.7 Å². The molecule has 0 aromatic rings. The number of carboxylic acid groups (broad SMARTS) is 1. The normalized spacial score (nSPS) is 45.4. The van der Waals surface area contributed by atoms with Crippen LogP contribution in [0.4, 0.5) is 0 Å². The van der Waals surface area contributed by atoms with E-state index < -0.39 is 29.5 Å². The maximum Gasteiger partial charge on any atom is 0.310 e. The SMILES string of the molecule is O=C(O)C1[C@H]2C(=O)N(CC3CCCO3)C[C@]23C=C[C@H]1O3. The number of fused-ring (bicyclic) bond motifs is 1. The largest absolute Gasteiger partial charge is 0.481 e. The van der Waals surface area contributed by atoms with Crippen LogP contribution in [-0.4, -0.2) is 59.4 Å². The highest BCUT2D eigenvalue weighted by molar-refractivity contribution is 5.90. The molecular weight excluding hydrogens is 262 g/mol. The zero-order valence-corrected chi connectivity index (χ0v) is 11.0. The van der Waals surface area contributed by atoms with Crippen molar-refractivity contribution in [2.24, 2.45) is 11.8 Å². The summed E-state index contributed by atoms with van der Waals surface area (Å²) in [7, 11) is 0. The van der Waals surface area contributed by atoms with E-state index in [9.17, 15) is 14.7 Å². The van der Waals surface area contributed by atoms with Crippen molar-refractivity contribution in [1.82, 2.24) is 4.90 Å². The van der Waals surface area contributed by atoms with Crippen LogP contribution in [0.5, 0.6) is 0 Å². The lowest BCUT2D eigenvalue weighted by Gasteiger charge is -2.23. The van der Waals surface area contributed by atoms with Crippen LogP contribution in [0.1, 0.15) is 12.8 Å². The Balaban J connectivity index is 1.58. The van der Waals surface area contributed by atoms with Gasteiger partial charge >= 0.3 is 5.97 Å². The fourth-order valence-corrected chi connectivity index (χ4v) is 4.05. The number of aliphatic carboxylic acids is 1. The molecule has 4 heterocycles. The Labute approximate surface area is 116 Å². The molecule has 0 aromatic heterocycles. The monoisotopic (exact) mass is 279 g/mol. The molecule has 0 aromatic carbocycles. The third-order valence-corrected chi connectivity index (χ3v) is 4.91. The first-order chi connectivity index (χ1) is 9.61. The molecule has 4 rings (SSSR count). The van der Waals surface area contributed by atoms with Gasteiger partial charge in [-0.25, -0.2) is 0 Å². The molecule has 2 unspecified atom stereocenters. The molecule has 20 heavy (non-hydrogen) atoms. The van der Waals surface area contributed by atoms with E-state index in [1.54, 1.807) is 11.0 Å². The maximum absolute atomic E-state index is 12.6. The van der Waals surface area contributed by atoms with Gasteiger partial charge in [-0.2, -0.15) is 0 Å². The minimum atomic E-state index is -0.946. The number of amides is 1. The lowest BCUT2D eigenvalue weighted by molar-refractivity contribution is -0.148. The summed E-state index contributed by atoms with van der Waals surface area (Å²) in [6.45, 7) is 1.75. The third-order valence-electron chi connectivity index (χ3n) is 4.91. The molecular formula is C14H17NO5. The van der Waals surface area contributed by atoms with Crippen molar-refractivity contribution in [3.63, 3.8) is 0 Å². The maximum atomic E-state index is 12.6. The second kappa shape index (κ2) is 4.05. The molecule has 5 atom stereocenters. The molecule has 6 heteroatoms. The van der Waals surface area contributed by atoms with Gasteiger partial charge in [-0.15, -0.1) is 0 Å². The van der Waals surface area contributed by atoms with Crippen LogP contribution >= 0.6 is 0 Å². The van der Waals surface area contributed by atoms with Crippen LogP contribution in [0.3, 0.4) is 0 Å². The van der Waals surface area contributed by atoms with E-state index in [0.29, 0.717) is 13.1 Å². The summed E-state index contributed by atoms with van der Waals surface area (Å²) in [6, 6.07) is 0. The van der Waals surface area contributed by atoms with Gasteiger partial charge in [0, 0.05) is 13.2 Å². The molecule has 6 nitrogen and oxygen atoms in total. The predicted molar refractivity (Wildman–Crippen MR) is 66.9 cm³/mol. The fraction of sp³-hybridized carbons (Fsp3) is 0.714. The van der Waals surface area contributed by atoms with Crippen molar-refractivity contribution in [1.29, 1.82) is 0 Å². The minimum absolute atomic E-state index is 0.0821. The third kappa shape index (κ3) is 1.52. The first-order valence-electron chi connectivity index (χ1n) is 7.11.